The molecule has 13 heteroatoms. The third kappa shape index (κ3) is 6.39. The molecule has 0 unspecified atom stereocenters. The van der Waals surface area contributed by atoms with Crippen LogP contribution in [0.2, 0.25) is 5.02 Å². The molecule has 0 N–H and O–H groups in total. The molecule has 3 aromatic carbocycles. The number of nitro groups is 2. The second-order valence-electron chi connectivity index (χ2n) is 8.09. The molecule has 0 aliphatic rings. The van der Waals surface area contributed by atoms with Crippen LogP contribution in [0.15, 0.2) is 71.9 Å². The maximum Gasteiger partial charge on any atom is 0.269 e. The lowest BCUT2D eigenvalue weighted by Gasteiger charge is -2.16. The molecule has 0 bridgehead atoms. The summed E-state index contributed by atoms with van der Waals surface area (Å²) in [6.45, 7) is 1.59. The molecule has 1 aromatic heterocycles. The van der Waals surface area contributed by atoms with Gasteiger partial charge in [0.05, 0.1) is 17.1 Å². The Bertz CT molecular complexity index is 1450. The summed E-state index contributed by atoms with van der Waals surface area (Å²) >= 11 is 7.68. The molecule has 0 amide bonds. The highest BCUT2D eigenvalue weighted by molar-refractivity contribution is 7.99. The molecule has 196 valence electrons. The Morgan fingerprint density at radius 1 is 1.03 bits per heavy atom. The fourth-order valence-electron chi connectivity index (χ4n) is 3.63. The minimum absolute atomic E-state index is 0.0107. The lowest BCUT2D eigenvalue weighted by atomic mass is 10.1. The van der Waals surface area contributed by atoms with E-state index in [2.05, 4.69) is 10.2 Å². The summed E-state index contributed by atoms with van der Waals surface area (Å²) in [6.07, 6.45) is 0. The maximum atomic E-state index is 11.5. The zero-order valence-corrected chi connectivity index (χ0v) is 21.9. The summed E-state index contributed by atoms with van der Waals surface area (Å²) in [5, 5.41) is 30.9. The maximum absolute atomic E-state index is 11.5. The Kier molecular flexibility index (Phi) is 8.44. The molecule has 0 saturated carbocycles. The van der Waals surface area contributed by atoms with Crippen molar-refractivity contribution in [2.45, 2.75) is 23.9 Å². The average molecular weight is 556 g/mol. The first kappa shape index (κ1) is 26.9. The van der Waals surface area contributed by atoms with Crippen LogP contribution in [-0.4, -0.2) is 38.3 Å². The van der Waals surface area contributed by atoms with Crippen molar-refractivity contribution in [2.75, 3.05) is 13.7 Å². The lowest BCUT2D eigenvalue weighted by molar-refractivity contribution is -0.479. The number of nitrogens with zero attached hydrogens (tertiary/aromatic N) is 5. The largest absolute Gasteiger partial charge is 0.497 e. The van der Waals surface area contributed by atoms with E-state index in [4.69, 9.17) is 21.1 Å². The number of benzene rings is 3. The van der Waals surface area contributed by atoms with Gasteiger partial charge in [-0.25, -0.2) is 0 Å². The standard InChI is InChI=1S/C25H22ClN5O6S/c1-16-27-28-25(30(16)19-8-10-21(36-2)11-9-19)38-24(14-29(32)33)18-5-12-23(22(26)13-18)37-15-17-3-6-20(7-4-17)31(34)35/h3-13,24H,14-15H2,1-2H3/t24-/m1/s1. The number of aromatic nitrogens is 3. The quantitative estimate of drug-likeness (QED) is 0.127. The van der Waals surface area contributed by atoms with Crippen LogP contribution < -0.4 is 9.47 Å². The van der Waals surface area contributed by atoms with Gasteiger partial charge in [0.1, 0.15) is 29.2 Å². The normalized spacial score (nSPS) is 11.7. The van der Waals surface area contributed by atoms with E-state index in [-0.39, 0.29) is 28.8 Å². The molecule has 38 heavy (non-hydrogen) atoms. The molecule has 0 aliphatic heterocycles. The molecule has 4 aromatic rings. The minimum Gasteiger partial charge on any atom is -0.497 e. The molecular formula is C25H22ClN5O6S. The second kappa shape index (κ2) is 11.9. The van der Waals surface area contributed by atoms with Crippen molar-refractivity contribution in [1.82, 2.24) is 14.8 Å². The van der Waals surface area contributed by atoms with Crippen molar-refractivity contribution < 1.29 is 19.3 Å². The van der Waals surface area contributed by atoms with Crippen molar-refractivity contribution in [2.24, 2.45) is 0 Å². The smallest absolute Gasteiger partial charge is 0.269 e. The second-order valence-corrected chi connectivity index (χ2v) is 9.66. The van der Waals surface area contributed by atoms with Crippen molar-refractivity contribution in [1.29, 1.82) is 0 Å². The van der Waals surface area contributed by atoms with Crippen LogP contribution in [0.25, 0.3) is 5.69 Å². The molecule has 0 aliphatic carbocycles. The Morgan fingerprint density at radius 2 is 1.74 bits per heavy atom. The summed E-state index contributed by atoms with van der Waals surface area (Å²) < 4.78 is 12.8. The highest BCUT2D eigenvalue weighted by Crippen LogP contribution is 2.39. The van der Waals surface area contributed by atoms with Gasteiger partial charge in [-0.15, -0.1) is 10.2 Å². The van der Waals surface area contributed by atoms with E-state index < -0.39 is 10.2 Å². The van der Waals surface area contributed by atoms with Crippen LogP contribution in [0.1, 0.15) is 22.2 Å². The van der Waals surface area contributed by atoms with Crippen molar-refractivity contribution in [3.63, 3.8) is 0 Å². The zero-order chi connectivity index (χ0) is 27.2. The molecular weight excluding hydrogens is 534 g/mol. The van der Waals surface area contributed by atoms with Crippen molar-refractivity contribution in [3.8, 4) is 17.2 Å². The van der Waals surface area contributed by atoms with Crippen LogP contribution in [-0.2, 0) is 6.61 Å². The third-order valence-electron chi connectivity index (χ3n) is 5.56. The van der Waals surface area contributed by atoms with Crippen molar-refractivity contribution >= 4 is 29.1 Å². The molecule has 1 heterocycles. The molecule has 0 spiro atoms. The van der Waals surface area contributed by atoms with Gasteiger partial charge in [0.25, 0.3) is 5.69 Å². The third-order valence-corrected chi connectivity index (χ3v) is 7.03. The molecule has 11 nitrogen and oxygen atoms in total. The van der Waals surface area contributed by atoms with E-state index >= 15 is 0 Å². The summed E-state index contributed by atoms with van der Waals surface area (Å²) in [4.78, 5) is 21.5. The van der Waals surface area contributed by atoms with Crippen LogP contribution >= 0.6 is 23.4 Å². The van der Waals surface area contributed by atoms with Gasteiger partial charge < -0.3 is 9.47 Å². The van der Waals surface area contributed by atoms with Gasteiger partial charge in [-0.2, -0.15) is 0 Å². The van der Waals surface area contributed by atoms with E-state index in [0.717, 1.165) is 11.3 Å². The van der Waals surface area contributed by atoms with E-state index in [1.165, 1.54) is 23.9 Å². The van der Waals surface area contributed by atoms with Gasteiger partial charge in [-0.1, -0.05) is 29.4 Å². The molecule has 1 atom stereocenters. The summed E-state index contributed by atoms with van der Waals surface area (Å²) in [5.41, 5.74) is 2.14. The first-order valence-electron chi connectivity index (χ1n) is 11.3. The topological polar surface area (TPSA) is 135 Å². The van der Waals surface area contributed by atoms with Crippen LogP contribution in [0.5, 0.6) is 11.5 Å². The monoisotopic (exact) mass is 555 g/mol. The van der Waals surface area contributed by atoms with Crippen LogP contribution in [0, 0.1) is 27.2 Å². The predicted molar refractivity (Wildman–Crippen MR) is 142 cm³/mol. The van der Waals surface area contributed by atoms with Crippen LogP contribution in [0.3, 0.4) is 0 Å². The molecule has 0 radical (unpaired) electrons. The van der Waals surface area contributed by atoms with Gasteiger partial charge in [-0.05, 0) is 66.6 Å². The highest BCUT2D eigenvalue weighted by Gasteiger charge is 2.24. The van der Waals surface area contributed by atoms with Gasteiger partial charge in [0.2, 0.25) is 6.54 Å². The van der Waals surface area contributed by atoms with E-state index in [1.54, 1.807) is 44.4 Å². The number of non-ortho nitro benzene ring substituents is 1. The fourth-order valence-corrected chi connectivity index (χ4v) is 5.04. The fraction of sp³-hybridized carbons (Fsp3) is 0.200. The molecule has 0 fully saturated rings. The first-order chi connectivity index (χ1) is 18.2. The van der Waals surface area contributed by atoms with Crippen molar-refractivity contribution in [3.05, 3.63) is 109 Å². The van der Waals surface area contributed by atoms with Crippen LogP contribution in [0.4, 0.5) is 5.69 Å². The summed E-state index contributed by atoms with van der Waals surface area (Å²) in [5.74, 6) is 1.71. The SMILES string of the molecule is COc1ccc(-n2c(C)nnc2S[C@H](C[N+](=O)[O-])c2ccc(OCc3ccc([N+](=O)[O-])cc3)c(Cl)c2)cc1. The Hall–Kier alpha value is -4.16. The number of methoxy groups -OCH3 is 1. The zero-order valence-electron chi connectivity index (χ0n) is 20.3. The van der Waals surface area contributed by atoms with E-state index in [0.29, 0.717) is 28.0 Å². The number of aryl methyl sites for hydroxylation is 1. The van der Waals surface area contributed by atoms with Gasteiger partial charge in [-0.3, -0.25) is 24.8 Å². The Balaban J connectivity index is 1.54. The lowest BCUT2D eigenvalue weighted by Crippen LogP contribution is -2.11. The number of hydrogen-bond donors (Lipinski definition) is 0. The number of halogens is 1. The predicted octanol–water partition coefficient (Wildman–Crippen LogP) is 5.84. The first-order valence-corrected chi connectivity index (χ1v) is 12.5. The van der Waals surface area contributed by atoms with Gasteiger partial charge >= 0.3 is 0 Å². The number of nitro benzene ring substituents is 1. The Morgan fingerprint density at radius 3 is 2.34 bits per heavy atom. The van der Waals surface area contributed by atoms with E-state index in [9.17, 15) is 20.2 Å². The van der Waals surface area contributed by atoms with E-state index in [1.807, 2.05) is 28.8 Å². The molecule has 0 saturated heterocycles. The number of rotatable bonds is 11. The summed E-state index contributed by atoms with van der Waals surface area (Å²) in [7, 11) is 1.58. The minimum atomic E-state index is -0.605. The van der Waals surface area contributed by atoms with Gasteiger partial charge in [0, 0.05) is 22.7 Å². The number of ether oxygens (including phenoxy) is 2. The average Bonchev–Trinajstić information content (AvgIpc) is 3.27. The number of hydrogen-bond acceptors (Lipinski definition) is 9. The number of thioether (sulfide) groups is 1. The molecule has 4 rings (SSSR count). The highest BCUT2D eigenvalue weighted by atomic mass is 35.5. The Labute approximate surface area is 226 Å². The van der Waals surface area contributed by atoms with Gasteiger partial charge in [0.15, 0.2) is 5.16 Å². The summed E-state index contributed by atoms with van der Waals surface area (Å²) in [6, 6.07) is 18.3.